The lowest BCUT2D eigenvalue weighted by Crippen LogP contribution is -2.20. The highest BCUT2D eigenvalue weighted by Gasteiger charge is 2.14. The summed E-state index contributed by atoms with van der Waals surface area (Å²) in [6.07, 6.45) is -0.672. The van der Waals surface area contributed by atoms with Gasteiger partial charge in [-0.15, -0.1) is 0 Å². The molecule has 1 aromatic carbocycles. The number of hydrogen-bond acceptors (Lipinski definition) is 4. The summed E-state index contributed by atoms with van der Waals surface area (Å²) in [4.78, 5) is 15.7. The van der Waals surface area contributed by atoms with Crippen molar-refractivity contribution in [1.29, 1.82) is 0 Å². The van der Waals surface area contributed by atoms with E-state index in [1.807, 2.05) is 19.0 Å². The third-order valence-corrected chi connectivity index (χ3v) is 2.80. The van der Waals surface area contributed by atoms with Crippen LogP contribution in [0.15, 0.2) is 29.1 Å². The number of nitrogens with zero attached hydrogens (tertiary/aromatic N) is 1. The second-order valence-electron chi connectivity index (χ2n) is 4.56. The van der Waals surface area contributed by atoms with Gasteiger partial charge in [0.15, 0.2) is 0 Å². The highest BCUT2D eigenvalue weighted by Crippen LogP contribution is 2.28. The number of fused-ring (bicyclic) bond motifs is 1. The number of aromatic amines is 1. The Morgan fingerprint density at radius 1 is 1.28 bits per heavy atom. The molecule has 1 heterocycles. The lowest BCUT2D eigenvalue weighted by Gasteiger charge is -2.18. The van der Waals surface area contributed by atoms with E-state index in [9.17, 15) is 15.0 Å². The van der Waals surface area contributed by atoms with Crippen molar-refractivity contribution in [2.24, 2.45) is 0 Å². The molecule has 0 radical (unpaired) electrons. The standard InChI is InChI=1S/C13H16N2O3/c1-15(2)7-11(17)8-3-5-10(16)13-9(8)4-6-12(18)14-13/h3-6,11,16-17H,7H2,1-2H3,(H,14,18). The third-order valence-electron chi connectivity index (χ3n) is 2.80. The van der Waals surface area contributed by atoms with Crippen LogP contribution < -0.4 is 5.56 Å². The zero-order chi connectivity index (χ0) is 13.3. The summed E-state index contributed by atoms with van der Waals surface area (Å²) in [5.74, 6) is 0.00324. The van der Waals surface area contributed by atoms with Crippen molar-refractivity contribution in [3.05, 3.63) is 40.2 Å². The number of likely N-dealkylation sites (N-methyl/N-ethyl adjacent to an activating group) is 1. The van der Waals surface area contributed by atoms with Gasteiger partial charge in [0, 0.05) is 18.0 Å². The van der Waals surface area contributed by atoms with Crippen molar-refractivity contribution in [3.63, 3.8) is 0 Å². The Hall–Kier alpha value is -1.85. The van der Waals surface area contributed by atoms with Crippen LogP contribution in [0.4, 0.5) is 0 Å². The van der Waals surface area contributed by atoms with E-state index in [2.05, 4.69) is 4.98 Å². The van der Waals surface area contributed by atoms with Crippen molar-refractivity contribution in [1.82, 2.24) is 9.88 Å². The maximum Gasteiger partial charge on any atom is 0.248 e. The van der Waals surface area contributed by atoms with Gasteiger partial charge in [-0.3, -0.25) is 4.79 Å². The van der Waals surface area contributed by atoms with E-state index in [1.165, 1.54) is 12.1 Å². The molecule has 18 heavy (non-hydrogen) atoms. The molecule has 0 aliphatic carbocycles. The summed E-state index contributed by atoms with van der Waals surface area (Å²) >= 11 is 0. The SMILES string of the molecule is CN(C)CC(O)c1ccc(O)c2[nH]c(=O)ccc12. The molecule has 96 valence electrons. The topological polar surface area (TPSA) is 76.6 Å². The molecule has 0 bridgehead atoms. The highest BCUT2D eigenvalue weighted by atomic mass is 16.3. The fraction of sp³-hybridized carbons (Fsp3) is 0.308. The highest BCUT2D eigenvalue weighted by molar-refractivity contribution is 5.87. The number of phenolic OH excluding ortho intramolecular Hbond substituents is 1. The Morgan fingerprint density at radius 2 is 2.00 bits per heavy atom. The smallest absolute Gasteiger partial charge is 0.248 e. The Morgan fingerprint density at radius 3 is 2.67 bits per heavy atom. The Balaban J connectivity index is 2.59. The molecule has 2 aromatic rings. The van der Waals surface area contributed by atoms with E-state index in [-0.39, 0.29) is 11.3 Å². The quantitative estimate of drug-likeness (QED) is 0.752. The summed E-state index contributed by atoms with van der Waals surface area (Å²) in [6.45, 7) is 0.471. The van der Waals surface area contributed by atoms with Gasteiger partial charge in [-0.25, -0.2) is 0 Å². The molecule has 1 atom stereocenters. The first kappa shape index (κ1) is 12.6. The van der Waals surface area contributed by atoms with Gasteiger partial charge in [-0.1, -0.05) is 6.07 Å². The van der Waals surface area contributed by atoms with Gasteiger partial charge in [0.05, 0.1) is 11.6 Å². The number of aliphatic hydroxyl groups is 1. The number of benzene rings is 1. The predicted molar refractivity (Wildman–Crippen MR) is 69.7 cm³/mol. The maximum atomic E-state index is 11.3. The minimum atomic E-state index is -0.672. The van der Waals surface area contributed by atoms with Gasteiger partial charge < -0.3 is 20.1 Å². The summed E-state index contributed by atoms with van der Waals surface area (Å²) in [7, 11) is 3.74. The minimum absolute atomic E-state index is 0.00324. The molecule has 0 saturated carbocycles. The fourth-order valence-corrected chi connectivity index (χ4v) is 1.99. The van der Waals surface area contributed by atoms with Gasteiger partial charge in [0.1, 0.15) is 5.75 Å². The molecule has 0 saturated heterocycles. The number of aliphatic hydroxyl groups excluding tert-OH is 1. The number of H-pyrrole nitrogens is 1. The predicted octanol–water partition coefficient (Wildman–Crippen LogP) is 0.829. The molecule has 1 aromatic heterocycles. The van der Waals surface area contributed by atoms with E-state index < -0.39 is 6.10 Å². The number of pyridine rings is 1. The van der Waals surface area contributed by atoms with Crippen LogP contribution in [0.2, 0.25) is 0 Å². The van der Waals surface area contributed by atoms with Crippen LogP contribution in [0.3, 0.4) is 0 Å². The van der Waals surface area contributed by atoms with Gasteiger partial charge in [-0.05, 0) is 31.8 Å². The van der Waals surface area contributed by atoms with E-state index in [0.29, 0.717) is 23.0 Å². The summed E-state index contributed by atoms with van der Waals surface area (Å²) in [5, 5.41) is 20.5. The molecule has 2 rings (SSSR count). The maximum absolute atomic E-state index is 11.3. The van der Waals surface area contributed by atoms with Crippen LogP contribution in [0.1, 0.15) is 11.7 Å². The van der Waals surface area contributed by atoms with Crippen molar-refractivity contribution in [2.75, 3.05) is 20.6 Å². The van der Waals surface area contributed by atoms with Gasteiger partial charge in [0.2, 0.25) is 5.56 Å². The van der Waals surface area contributed by atoms with Crippen molar-refractivity contribution in [3.8, 4) is 5.75 Å². The van der Waals surface area contributed by atoms with Crippen LogP contribution in [0.25, 0.3) is 10.9 Å². The zero-order valence-corrected chi connectivity index (χ0v) is 10.3. The number of nitrogens with one attached hydrogen (secondary N) is 1. The van der Waals surface area contributed by atoms with Crippen LogP contribution >= 0.6 is 0 Å². The average molecular weight is 248 g/mol. The van der Waals surface area contributed by atoms with Gasteiger partial charge in [-0.2, -0.15) is 0 Å². The first-order valence-electron chi connectivity index (χ1n) is 5.66. The Bertz CT molecular complexity index is 619. The number of hydrogen-bond donors (Lipinski definition) is 3. The van der Waals surface area contributed by atoms with E-state index >= 15 is 0 Å². The van der Waals surface area contributed by atoms with E-state index in [0.717, 1.165) is 0 Å². The number of aromatic hydroxyl groups is 1. The summed E-state index contributed by atoms with van der Waals surface area (Å²) in [5.41, 5.74) is 0.766. The average Bonchev–Trinajstić information content (AvgIpc) is 2.29. The molecule has 0 aliphatic heterocycles. The number of rotatable bonds is 3. The summed E-state index contributed by atoms with van der Waals surface area (Å²) < 4.78 is 0. The largest absolute Gasteiger partial charge is 0.506 e. The molecule has 1 unspecified atom stereocenters. The number of aromatic nitrogens is 1. The molecule has 5 nitrogen and oxygen atoms in total. The molecule has 5 heteroatoms. The van der Waals surface area contributed by atoms with Crippen LogP contribution in [0, 0.1) is 0 Å². The first-order chi connectivity index (χ1) is 8.49. The fourth-order valence-electron chi connectivity index (χ4n) is 1.99. The van der Waals surface area contributed by atoms with Gasteiger partial charge in [0.25, 0.3) is 0 Å². The van der Waals surface area contributed by atoms with Crippen molar-refractivity contribution in [2.45, 2.75) is 6.10 Å². The van der Waals surface area contributed by atoms with Crippen molar-refractivity contribution < 1.29 is 10.2 Å². The van der Waals surface area contributed by atoms with Crippen LogP contribution in [0.5, 0.6) is 5.75 Å². The molecule has 3 N–H and O–H groups in total. The monoisotopic (exact) mass is 248 g/mol. The lowest BCUT2D eigenvalue weighted by molar-refractivity contribution is 0.139. The molecular formula is C13H16N2O3. The van der Waals surface area contributed by atoms with Crippen molar-refractivity contribution >= 4 is 10.9 Å². The third kappa shape index (κ3) is 2.37. The second-order valence-corrected chi connectivity index (χ2v) is 4.56. The normalized spacial score (nSPS) is 13.1. The van der Waals surface area contributed by atoms with Gasteiger partial charge >= 0.3 is 0 Å². The molecule has 0 aliphatic rings. The second kappa shape index (κ2) is 4.80. The molecule has 0 amide bonds. The molecule has 0 fully saturated rings. The number of phenols is 1. The minimum Gasteiger partial charge on any atom is -0.506 e. The molecule has 0 spiro atoms. The zero-order valence-electron chi connectivity index (χ0n) is 10.3. The summed E-state index contributed by atoms with van der Waals surface area (Å²) in [6, 6.07) is 6.15. The first-order valence-corrected chi connectivity index (χ1v) is 5.66. The van der Waals surface area contributed by atoms with E-state index in [4.69, 9.17) is 0 Å². The lowest BCUT2D eigenvalue weighted by atomic mass is 10.0. The van der Waals surface area contributed by atoms with Crippen LogP contribution in [-0.4, -0.2) is 40.7 Å². The Labute approximate surface area is 104 Å². The Kier molecular flexibility index (Phi) is 3.36. The van der Waals surface area contributed by atoms with Crippen LogP contribution in [-0.2, 0) is 0 Å². The van der Waals surface area contributed by atoms with E-state index in [1.54, 1.807) is 12.1 Å². The molecular weight excluding hydrogens is 232 g/mol.